The lowest BCUT2D eigenvalue weighted by atomic mass is 9.95. The van der Waals surface area contributed by atoms with Crippen molar-refractivity contribution in [1.29, 1.82) is 0 Å². The minimum atomic E-state index is -4.68. The second kappa shape index (κ2) is 14.3. The van der Waals surface area contributed by atoms with Crippen molar-refractivity contribution in [3.05, 3.63) is 63.0 Å². The summed E-state index contributed by atoms with van der Waals surface area (Å²) < 4.78 is 43.9. The molecule has 3 amide bonds. The molecule has 4 aliphatic heterocycles. The Morgan fingerprint density at radius 3 is 2.24 bits per heavy atom. The van der Waals surface area contributed by atoms with Crippen LogP contribution in [0.2, 0.25) is 5.02 Å². The van der Waals surface area contributed by atoms with Crippen molar-refractivity contribution in [3.63, 3.8) is 0 Å². The smallest absolute Gasteiger partial charge is 0.386 e. The number of alkyl halides is 3. The van der Waals surface area contributed by atoms with Crippen LogP contribution in [0.3, 0.4) is 0 Å². The lowest BCUT2D eigenvalue weighted by Gasteiger charge is -2.45. The number of amides is 3. The summed E-state index contributed by atoms with van der Waals surface area (Å²) >= 11 is 6.32. The Morgan fingerprint density at radius 2 is 1.59 bits per heavy atom. The van der Waals surface area contributed by atoms with Gasteiger partial charge in [-0.2, -0.15) is 13.2 Å². The molecule has 4 aliphatic rings. The number of aromatic nitrogens is 2. The molecule has 3 N–H and O–H groups in total. The topological polar surface area (TPSA) is 109 Å². The average molecular weight is 731 g/mol. The van der Waals surface area contributed by atoms with Gasteiger partial charge < -0.3 is 30.3 Å². The van der Waals surface area contributed by atoms with Crippen molar-refractivity contribution in [3.8, 4) is 0 Å². The van der Waals surface area contributed by atoms with Gasteiger partial charge in [-0.15, -0.1) is 0 Å². The van der Waals surface area contributed by atoms with Crippen LogP contribution in [0.4, 0.5) is 23.7 Å². The maximum atomic E-state index is 14.2. The van der Waals surface area contributed by atoms with Gasteiger partial charge in [0.25, 0.3) is 0 Å². The number of piperidine rings is 2. The molecule has 4 saturated heterocycles. The number of hydrogen-bond donors (Lipinski definition) is 3. The van der Waals surface area contributed by atoms with E-state index in [9.17, 15) is 27.6 Å². The number of imidazole rings is 1. The molecule has 2 unspecified atom stereocenters. The number of nitrogens with one attached hydrogen (secondary N) is 3. The van der Waals surface area contributed by atoms with Crippen molar-refractivity contribution in [2.75, 3.05) is 58.7 Å². The highest BCUT2D eigenvalue weighted by Crippen LogP contribution is 2.40. The van der Waals surface area contributed by atoms with Gasteiger partial charge in [-0.1, -0.05) is 23.7 Å². The van der Waals surface area contributed by atoms with Crippen molar-refractivity contribution in [2.24, 2.45) is 0 Å². The fourth-order valence-electron chi connectivity index (χ4n) is 8.91. The summed E-state index contributed by atoms with van der Waals surface area (Å²) in [6.45, 7) is 3.07. The van der Waals surface area contributed by atoms with Crippen LogP contribution in [0.15, 0.2) is 41.2 Å². The van der Waals surface area contributed by atoms with Gasteiger partial charge in [0.1, 0.15) is 6.04 Å². The van der Waals surface area contributed by atoms with Crippen molar-refractivity contribution >= 4 is 40.3 Å². The number of aromatic amines is 1. The third-order valence-corrected chi connectivity index (χ3v) is 12.0. The van der Waals surface area contributed by atoms with Crippen molar-refractivity contribution in [2.45, 2.75) is 81.3 Å². The van der Waals surface area contributed by atoms with E-state index in [2.05, 4.69) is 32.5 Å². The summed E-state index contributed by atoms with van der Waals surface area (Å²) in [4.78, 5) is 51.9. The first-order valence-corrected chi connectivity index (χ1v) is 18.4. The molecule has 2 bridgehead atoms. The van der Waals surface area contributed by atoms with Crippen LogP contribution >= 0.6 is 11.6 Å². The fourth-order valence-corrected chi connectivity index (χ4v) is 9.24. The lowest BCUT2D eigenvalue weighted by molar-refractivity contribution is -0.137. The zero-order chi connectivity index (χ0) is 36.0. The summed E-state index contributed by atoms with van der Waals surface area (Å²) in [7, 11) is 3.59. The summed E-state index contributed by atoms with van der Waals surface area (Å²) in [6.07, 6.45) is 0.929. The van der Waals surface area contributed by atoms with Crippen LogP contribution in [0, 0.1) is 0 Å². The molecule has 0 spiro atoms. The number of para-hydroxylation sites is 2. The van der Waals surface area contributed by atoms with E-state index >= 15 is 0 Å². The van der Waals surface area contributed by atoms with Gasteiger partial charge in [0.15, 0.2) is 0 Å². The first kappa shape index (κ1) is 35.6. The number of halogens is 4. The molecule has 11 nitrogen and oxygen atoms in total. The first-order chi connectivity index (χ1) is 24.4. The predicted octanol–water partition coefficient (Wildman–Crippen LogP) is 4.77. The Balaban J connectivity index is 1.06. The number of likely N-dealkylation sites (tertiary alicyclic amines) is 1. The van der Waals surface area contributed by atoms with Crippen LogP contribution in [0.1, 0.15) is 55.7 Å². The zero-order valence-corrected chi connectivity index (χ0v) is 29.8. The Labute approximate surface area is 300 Å². The van der Waals surface area contributed by atoms with Crippen LogP contribution in [-0.4, -0.2) is 119 Å². The van der Waals surface area contributed by atoms with E-state index in [0.29, 0.717) is 70.2 Å². The maximum absolute atomic E-state index is 14.2. The maximum Gasteiger partial charge on any atom is 0.418 e. The van der Waals surface area contributed by atoms with Gasteiger partial charge in [0.2, 0.25) is 5.91 Å². The molecule has 4 fully saturated rings. The Hall–Kier alpha value is -3.75. The number of anilines is 1. The number of rotatable bonds is 7. The normalized spacial score (nSPS) is 24.2. The van der Waals surface area contributed by atoms with Crippen molar-refractivity contribution < 1.29 is 22.8 Å². The monoisotopic (exact) mass is 730 g/mol. The van der Waals surface area contributed by atoms with Crippen LogP contribution in [-0.2, 0) is 17.4 Å². The van der Waals surface area contributed by atoms with E-state index < -0.39 is 23.8 Å². The third kappa shape index (κ3) is 7.19. The number of nitrogens with zero attached hydrogens (tertiary/aromatic N) is 5. The molecule has 3 atom stereocenters. The molecule has 276 valence electrons. The number of urea groups is 1. The number of piperazine rings is 1. The van der Waals surface area contributed by atoms with Gasteiger partial charge in [-0.3, -0.25) is 14.3 Å². The predicted molar refractivity (Wildman–Crippen MR) is 190 cm³/mol. The van der Waals surface area contributed by atoms with E-state index in [4.69, 9.17) is 11.6 Å². The third-order valence-electron chi connectivity index (χ3n) is 11.7. The number of fused-ring (bicyclic) bond motifs is 3. The van der Waals surface area contributed by atoms with Crippen LogP contribution in [0.25, 0.3) is 11.0 Å². The van der Waals surface area contributed by atoms with Crippen molar-refractivity contribution in [1.82, 2.24) is 34.5 Å². The number of benzene rings is 2. The summed E-state index contributed by atoms with van der Waals surface area (Å²) in [5.41, 5.74) is 0.383. The molecule has 0 aliphatic carbocycles. The van der Waals surface area contributed by atoms with Gasteiger partial charge in [-0.25, -0.2) is 9.59 Å². The number of carbonyl (C=O) groups is 2. The number of hydrogen-bond acceptors (Lipinski definition) is 6. The van der Waals surface area contributed by atoms with Gasteiger partial charge in [0, 0.05) is 76.9 Å². The fraction of sp³-hybridized carbons (Fsp3) is 0.583. The molecule has 3 aromatic rings. The van der Waals surface area contributed by atoms with E-state index in [1.165, 1.54) is 26.0 Å². The summed E-state index contributed by atoms with van der Waals surface area (Å²) in [6, 6.07) is 9.90. The van der Waals surface area contributed by atoms with Gasteiger partial charge in [0.05, 0.1) is 27.3 Å². The molecule has 0 radical (unpaired) electrons. The number of H-pyrrole nitrogens is 1. The second-order valence-corrected chi connectivity index (χ2v) is 14.9. The van der Waals surface area contributed by atoms with Crippen LogP contribution < -0.4 is 16.3 Å². The van der Waals surface area contributed by atoms with E-state index in [1.54, 1.807) is 14.4 Å². The highest BCUT2D eigenvalue weighted by atomic mass is 35.5. The van der Waals surface area contributed by atoms with E-state index in [1.807, 2.05) is 24.3 Å². The lowest BCUT2D eigenvalue weighted by Crippen LogP contribution is -2.59. The summed E-state index contributed by atoms with van der Waals surface area (Å²) in [5, 5.41) is 5.31. The Morgan fingerprint density at radius 1 is 0.922 bits per heavy atom. The molecular formula is C36H46ClF3N8O3. The highest BCUT2D eigenvalue weighted by Gasteiger charge is 2.42. The van der Waals surface area contributed by atoms with Gasteiger partial charge in [-0.05, 0) is 75.4 Å². The molecule has 7 rings (SSSR count). The second-order valence-electron chi connectivity index (χ2n) is 14.5. The number of carbonyl (C=O) groups excluding carboxylic acids is 2. The molecule has 51 heavy (non-hydrogen) atoms. The minimum Gasteiger partial charge on any atom is -0.386 e. The van der Waals surface area contributed by atoms with E-state index in [0.717, 1.165) is 29.9 Å². The standard InChI is InChI=1S/C36H46ClF3N8O3/c1-41-32-27(36(38,39)40)17-22(18-28(32)37)19-30(33(49)46-15-13-45(14-16-46)26-20-24-7-8-25(21-26)44(24)2)43-34(50)47-11-9-23(10-12-47)48-31-6-4-3-5-29(31)42-35(48)51/h3-6,17-18,23-26,30,41H,7-16,19-21H2,1-2H3,(H,42,51)(H,43,50)/t24?,25?,26?,30-/m1/s1. The Kier molecular flexibility index (Phi) is 10.0. The van der Waals surface area contributed by atoms with Crippen LogP contribution in [0.5, 0.6) is 0 Å². The minimum absolute atomic E-state index is 0.111. The first-order valence-electron chi connectivity index (χ1n) is 18.0. The summed E-state index contributed by atoms with van der Waals surface area (Å²) in [5.74, 6) is -0.325. The SMILES string of the molecule is CNc1c(Cl)cc(C[C@@H](NC(=O)N2CCC(n3c(=O)[nH]c4ccccc43)CC2)C(=O)N2CCN(C3CC4CCC(C3)N4C)CC2)cc1C(F)(F)F. The average Bonchev–Trinajstić information content (AvgIpc) is 3.53. The quantitative estimate of drug-likeness (QED) is 0.324. The largest absolute Gasteiger partial charge is 0.418 e. The molecule has 0 saturated carbocycles. The molecule has 15 heteroatoms. The van der Waals surface area contributed by atoms with E-state index in [-0.39, 0.29) is 40.3 Å². The zero-order valence-electron chi connectivity index (χ0n) is 29.0. The molecule has 5 heterocycles. The van der Waals surface area contributed by atoms with Gasteiger partial charge >= 0.3 is 17.9 Å². The molecule has 2 aromatic carbocycles. The molecular weight excluding hydrogens is 685 g/mol. The highest BCUT2D eigenvalue weighted by molar-refractivity contribution is 6.33. The molecule has 1 aromatic heterocycles. The Bertz CT molecular complexity index is 1800.